The molecule has 0 saturated carbocycles. The van der Waals surface area contributed by atoms with Gasteiger partial charge in [0.2, 0.25) is 5.91 Å². The molecule has 0 atom stereocenters. The molecule has 5 nitrogen and oxygen atoms in total. The van der Waals surface area contributed by atoms with Crippen LogP contribution in [-0.2, 0) is 17.9 Å². The minimum atomic E-state index is -0.00747. The zero-order valence-corrected chi connectivity index (χ0v) is 13.0. The Bertz CT molecular complexity index is 750. The molecule has 3 aromatic rings. The van der Waals surface area contributed by atoms with E-state index >= 15 is 0 Å². The van der Waals surface area contributed by atoms with Gasteiger partial charge >= 0.3 is 0 Å². The lowest BCUT2D eigenvalue weighted by Crippen LogP contribution is -2.26. The summed E-state index contributed by atoms with van der Waals surface area (Å²) in [7, 11) is 0. The smallest absolute Gasteiger partial charge is 0.240 e. The molecular weight excluding hydrogens is 296 g/mol. The summed E-state index contributed by atoms with van der Waals surface area (Å²) in [6.45, 7) is 2.80. The Morgan fingerprint density at radius 2 is 2.14 bits per heavy atom. The molecule has 0 aromatic carbocycles. The predicted octanol–water partition coefficient (Wildman–Crippen LogP) is 2.63. The van der Waals surface area contributed by atoms with E-state index in [-0.39, 0.29) is 5.91 Å². The van der Waals surface area contributed by atoms with Crippen LogP contribution < -0.4 is 5.32 Å². The summed E-state index contributed by atoms with van der Waals surface area (Å²) >= 11 is 1.59. The molecule has 0 bridgehead atoms. The van der Waals surface area contributed by atoms with E-state index in [4.69, 9.17) is 0 Å². The standard InChI is InChI=1S/C16H16N4OS/c1-12-14(10-18-15(21)11-20-7-2-3-8-20)22-16(19-12)13-5-4-6-17-9-13/h2-9H,10-11H2,1H3,(H,18,21). The van der Waals surface area contributed by atoms with Gasteiger partial charge in [-0.15, -0.1) is 11.3 Å². The van der Waals surface area contributed by atoms with Crippen molar-refractivity contribution < 1.29 is 4.79 Å². The summed E-state index contributed by atoms with van der Waals surface area (Å²) in [5, 5.41) is 3.87. The van der Waals surface area contributed by atoms with Gasteiger partial charge in [0.25, 0.3) is 0 Å². The Labute approximate surface area is 132 Å². The van der Waals surface area contributed by atoms with Crippen molar-refractivity contribution in [2.75, 3.05) is 0 Å². The third-order valence-corrected chi connectivity index (χ3v) is 4.45. The lowest BCUT2D eigenvalue weighted by Gasteiger charge is -2.05. The molecule has 1 amide bonds. The molecule has 3 heterocycles. The molecule has 0 aliphatic rings. The van der Waals surface area contributed by atoms with Gasteiger partial charge in [-0.3, -0.25) is 9.78 Å². The highest BCUT2D eigenvalue weighted by atomic mass is 32.1. The van der Waals surface area contributed by atoms with E-state index in [1.807, 2.05) is 48.1 Å². The number of nitrogens with one attached hydrogen (secondary N) is 1. The summed E-state index contributed by atoms with van der Waals surface area (Å²) in [5.74, 6) is -0.00747. The highest BCUT2D eigenvalue weighted by Crippen LogP contribution is 2.27. The first-order valence-corrected chi connectivity index (χ1v) is 7.78. The van der Waals surface area contributed by atoms with E-state index in [2.05, 4.69) is 15.3 Å². The number of pyridine rings is 1. The van der Waals surface area contributed by atoms with Crippen LogP contribution in [0.15, 0.2) is 49.1 Å². The summed E-state index contributed by atoms with van der Waals surface area (Å²) < 4.78 is 1.84. The maximum Gasteiger partial charge on any atom is 0.240 e. The third-order valence-electron chi connectivity index (χ3n) is 3.24. The summed E-state index contributed by atoms with van der Waals surface area (Å²) in [5.41, 5.74) is 1.95. The quantitative estimate of drug-likeness (QED) is 0.788. The minimum absolute atomic E-state index is 0.00747. The van der Waals surface area contributed by atoms with E-state index in [1.54, 1.807) is 23.7 Å². The second-order valence-corrected chi connectivity index (χ2v) is 5.99. The number of hydrogen-bond donors (Lipinski definition) is 1. The first kappa shape index (κ1) is 14.5. The number of amides is 1. The Hall–Kier alpha value is -2.47. The van der Waals surface area contributed by atoms with Gasteiger partial charge in [-0.05, 0) is 31.2 Å². The molecule has 0 unspecified atom stereocenters. The van der Waals surface area contributed by atoms with Crippen LogP contribution in [-0.4, -0.2) is 20.4 Å². The molecule has 112 valence electrons. The summed E-state index contributed by atoms with van der Waals surface area (Å²) in [6.07, 6.45) is 7.29. The second kappa shape index (κ2) is 6.53. The first-order valence-electron chi connectivity index (χ1n) is 6.96. The van der Waals surface area contributed by atoms with Crippen LogP contribution in [0.25, 0.3) is 10.6 Å². The number of carbonyl (C=O) groups excluding carboxylic acids is 1. The van der Waals surface area contributed by atoms with Gasteiger partial charge in [-0.25, -0.2) is 4.98 Å². The summed E-state index contributed by atoms with van der Waals surface area (Å²) in [6, 6.07) is 7.69. The van der Waals surface area contributed by atoms with Gasteiger partial charge in [-0.2, -0.15) is 0 Å². The second-order valence-electron chi connectivity index (χ2n) is 4.90. The van der Waals surface area contributed by atoms with Crippen molar-refractivity contribution in [3.63, 3.8) is 0 Å². The van der Waals surface area contributed by atoms with Crippen molar-refractivity contribution in [3.05, 3.63) is 59.6 Å². The van der Waals surface area contributed by atoms with E-state index in [0.29, 0.717) is 13.1 Å². The van der Waals surface area contributed by atoms with Crippen molar-refractivity contribution in [3.8, 4) is 10.6 Å². The van der Waals surface area contributed by atoms with Crippen molar-refractivity contribution in [2.45, 2.75) is 20.0 Å². The Morgan fingerprint density at radius 1 is 1.32 bits per heavy atom. The van der Waals surface area contributed by atoms with Crippen molar-refractivity contribution in [1.82, 2.24) is 19.9 Å². The largest absolute Gasteiger partial charge is 0.350 e. The topological polar surface area (TPSA) is 59.8 Å². The molecule has 0 aliphatic carbocycles. The van der Waals surface area contributed by atoms with Crippen LogP contribution in [0.3, 0.4) is 0 Å². The molecular formula is C16H16N4OS. The third kappa shape index (κ3) is 3.40. The monoisotopic (exact) mass is 312 g/mol. The SMILES string of the molecule is Cc1nc(-c2cccnc2)sc1CNC(=O)Cn1cccc1. The maximum atomic E-state index is 11.9. The van der Waals surface area contributed by atoms with Gasteiger partial charge < -0.3 is 9.88 Å². The van der Waals surface area contributed by atoms with Gasteiger partial charge in [-0.1, -0.05) is 0 Å². The number of carbonyl (C=O) groups is 1. The highest BCUT2D eigenvalue weighted by Gasteiger charge is 2.10. The number of aromatic nitrogens is 3. The van der Waals surface area contributed by atoms with Crippen molar-refractivity contribution in [1.29, 1.82) is 0 Å². The number of thiazole rings is 1. The summed E-state index contributed by atoms with van der Waals surface area (Å²) in [4.78, 5) is 21.6. The van der Waals surface area contributed by atoms with E-state index < -0.39 is 0 Å². The van der Waals surface area contributed by atoms with Crippen molar-refractivity contribution in [2.24, 2.45) is 0 Å². The molecule has 6 heteroatoms. The molecule has 22 heavy (non-hydrogen) atoms. The van der Waals surface area contributed by atoms with Crippen LogP contribution in [0.5, 0.6) is 0 Å². The highest BCUT2D eigenvalue weighted by molar-refractivity contribution is 7.15. The van der Waals surface area contributed by atoms with Crippen LogP contribution in [0, 0.1) is 6.92 Å². The van der Waals surface area contributed by atoms with Gasteiger partial charge in [0.15, 0.2) is 0 Å². The fourth-order valence-corrected chi connectivity index (χ4v) is 3.07. The number of aryl methyl sites for hydroxylation is 1. The number of nitrogens with zero attached hydrogens (tertiary/aromatic N) is 3. The minimum Gasteiger partial charge on any atom is -0.350 e. The molecule has 1 N–H and O–H groups in total. The molecule has 0 spiro atoms. The zero-order chi connectivity index (χ0) is 15.4. The lowest BCUT2D eigenvalue weighted by atomic mass is 10.3. The Kier molecular flexibility index (Phi) is 4.29. The van der Waals surface area contributed by atoms with Crippen LogP contribution in [0.1, 0.15) is 10.6 Å². The number of rotatable bonds is 5. The lowest BCUT2D eigenvalue weighted by molar-refractivity contribution is -0.121. The molecule has 0 fully saturated rings. The van der Waals surface area contributed by atoms with Crippen molar-refractivity contribution >= 4 is 17.2 Å². The molecule has 0 saturated heterocycles. The fraction of sp³-hybridized carbons (Fsp3) is 0.188. The van der Waals surface area contributed by atoms with Crippen LogP contribution in [0.4, 0.5) is 0 Å². The van der Waals surface area contributed by atoms with Gasteiger partial charge in [0.05, 0.1) is 12.2 Å². The molecule has 3 aromatic heterocycles. The van der Waals surface area contributed by atoms with Gasteiger partial charge in [0, 0.05) is 35.2 Å². The average Bonchev–Trinajstić information content (AvgIpc) is 3.16. The van der Waals surface area contributed by atoms with E-state index in [9.17, 15) is 4.79 Å². The normalized spacial score (nSPS) is 10.6. The first-order chi connectivity index (χ1) is 10.7. The Balaban J connectivity index is 1.63. The van der Waals surface area contributed by atoms with Gasteiger partial charge in [0.1, 0.15) is 11.6 Å². The maximum absolute atomic E-state index is 11.9. The van der Waals surface area contributed by atoms with E-state index in [1.165, 1.54) is 0 Å². The molecule has 3 rings (SSSR count). The van der Waals surface area contributed by atoms with Crippen LogP contribution in [0.2, 0.25) is 0 Å². The Morgan fingerprint density at radius 3 is 2.86 bits per heavy atom. The number of hydrogen-bond acceptors (Lipinski definition) is 4. The zero-order valence-electron chi connectivity index (χ0n) is 12.2. The fourth-order valence-electron chi connectivity index (χ4n) is 2.08. The van der Waals surface area contributed by atoms with Crippen LogP contribution >= 0.6 is 11.3 Å². The predicted molar refractivity (Wildman–Crippen MR) is 86.4 cm³/mol. The molecule has 0 aliphatic heterocycles. The average molecular weight is 312 g/mol. The van der Waals surface area contributed by atoms with E-state index in [0.717, 1.165) is 21.1 Å². The molecule has 0 radical (unpaired) electrons.